The Morgan fingerprint density at radius 1 is 1.37 bits per heavy atom. The smallest absolute Gasteiger partial charge is 0.307 e. The summed E-state index contributed by atoms with van der Waals surface area (Å²) >= 11 is 1.63. The number of amides is 1. The van der Waals surface area contributed by atoms with Crippen LogP contribution >= 0.6 is 11.3 Å². The van der Waals surface area contributed by atoms with Gasteiger partial charge < -0.3 is 10.4 Å². The van der Waals surface area contributed by atoms with Crippen molar-refractivity contribution in [2.75, 3.05) is 5.32 Å². The Labute approximate surface area is 114 Å². The van der Waals surface area contributed by atoms with Crippen molar-refractivity contribution < 1.29 is 14.7 Å². The molecule has 1 atom stereocenters. The molecule has 3 rings (SSSR count). The Morgan fingerprint density at radius 3 is 2.84 bits per heavy atom. The number of hydrogen-bond donors (Lipinski definition) is 2. The molecule has 5 heteroatoms. The summed E-state index contributed by atoms with van der Waals surface area (Å²) in [7, 11) is 0. The van der Waals surface area contributed by atoms with Crippen molar-refractivity contribution in [3.05, 3.63) is 28.6 Å². The lowest BCUT2D eigenvalue weighted by Gasteiger charge is -2.04. The van der Waals surface area contributed by atoms with Crippen LogP contribution in [0.3, 0.4) is 0 Å². The molecular weight excluding hydrogens is 262 g/mol. The van der Waals surface area contributed by atoms with Gasteiger partial charge in [-0.2, -0.15) is 0 Å². The number of nitrogens with one attached hydrogen (secondary N) is 1. The molecule has 98 valence electrons. The largest absolute Gasteiger partial charge is 0.481 e. The van der Waals surface area contributed by atoms with Crippen LogP contribution in [0.2, 0.25) is 0 Å². The normalized spacial score (nSPS) is 17.4. The van der Waals surface area contributed by atoms with Gasteiger partial charge in [0.05, 0.1) is 5.92 Å². The Hall–Kier alpha value is -1.88. The SMILES string of the molecule is CC(=O)Nc1ccc2c3c(sc2c1)CC(C(=O)O)C3. The van der Waals surface area contributed by atoms with Gasteiger partial charge in [0.1, 0.15) is 0 Å². The quantitative estimate of drug-likeness (QED) is 0.885. The molecule has 19 heavy (non-hydrogen) atoms. The van der Waals surface area contributed by atoms with Gasteiger partial charge in [-0.3, -0.25) is 9.59 Å². The number of benzene rings is 1. The Balaban J connectivity index is 1.98. The molecule has 2 aromatic rings. The first kappa shape index (κ1) is 12.2. The zero-order valence-electron chi connectivity index (χ0n) is 10.4. The first-order valence-corrected chi connectivity index (χ1v) is 6.91. The van der Waals surface area contributed by atoms with Gasteiger partial charge in [0.15, 0.2) is 0 Å². The van der Waals surface area contributed by atoms with Crippen molar-refractivity contribution in [3.63, 3.8) is 0 Å². The van der Waals surface area contributed by atoms with Crippen molar-refractivity contribution in [3.8, 4) is 0 Å². The molecule has 4 nitrogen and oxygen atoms in total. The standard InChI is InChI=1S/C14H13NO3S/c1-7(16)15-9-2-3-10-11-4-8(14(17)18)5-12(11)19-13(10)6-9/h2-3,6,8H,4-5H2,1H3,(H,15,16)(H,17,18). The van der Waals surface area contributed by atoms with E-state index >= 15 is 0 Å². The van der Waals surface area contributed by atoms with E-state index in [1.54, 1.807) is 11.3 Å². The second-order valence-electron chi connectivity index (χ2n) is 4.84. The summed E-state index contributed by atoms with van der Waals surface area (Å²) in [6, 6.07) is 5.79. The molecule has 2 N–H and O–H groups in total. The van der Waals surface area contributed by atoms with Gasteiger partial charge in [-0.05, 0) is 35.9 Å². The van der Waals surface area contributed by atoms with Crippen LogP contribution < -0.4 is 5.32 Å². The summed E-state index contributed by atoms with van der Waals surface area (Å²) in [6.07, 6.45) is 1.24. The minimum Gasteiger partial charge on any atom is -0.481 e. The van der Waals surface area contributed by atoms with Gasteiger partial charge in [-0.15, -0.1) is 11.3 Å². The zero-order valence-corrected chi connectivity index (χ0v) is 11.2. The summed E-state index contributed by atoms with van der Waals surface area (Å²) < 4.78 is 1.11. The molecule has 1 unspecified atom stereocenters. The molecule has 0 spiro atoms. The van der Waals surface area contributed by atoms with E-state index in [4.69, 9.17) is 5.11 Å². The predicted octanol–water partition coefficient (Wildman–Crippen LogP) is 2.66. The zero-order chi connectivity index (χ0) is 13.6. The van der Waals surface area contributed by atoms with E-state index in [1.165, 1.54) is 17.4 Å². The van der Waals surface area contributed by atoms with Crippen LogP contribution in [0.25, 0.3) is 10.1 Å². The Bertz CT molecular complexity index is 689. The maximum absolute atomic E-state index is 11.0. The van der Waals surface area contributed by atoms with E-state index in [1.807, 2.05) is 18.2 Å². The molecular formula is C14H13NO3S. The number of fused-ring (bicyclic) bond motifs is 3. The molecule has 1 aromatic carbocycles. The van der Waals surface area contributed by atoms with Crippen LogP contribution in [0.15, 0.2) is 18.2 Å². The van der Waals surface area contributed by atoms with Gasteiger partial charge >= 0.3 is 5.97 Å². The molecule has 1 amide bonds. The highest BCUT2D eigenvalue weighted by Crippen LogP contribution is 2.40. The predicted molar refractivity (Wildman–Crippen MR) is 74.7 cm³/mol. The number of anilines is 1. The first-order valence-electron chi connectivity index (χ1n) is 6.09. The topological polar surface area (TPSA) is 66.4 Å². The average Bonchev–Trinajstić information content (AvgIpc) is 2.84. The van der Waals surface area contributed by atoms with E-state index in [-0.39, 0.29) is 11.8 Å². The highest BCUT2D eigenvalue weighted by atomic mass is 32.1. The molecule has 1 aliphatic rings. The van der Waals surface area contributed by atoms with Crippen molar-refractivity contribution in [2.24, 2.45) is 5.92 Å². The van der Waals surface area contributed by atoms with Gasteiger partial charge in [0.2, 0.25) is 5.91 Å². The van der Waals surface area contributed by atoms with Crippen LogP contribution in [0, 0.1) is 5.92 Å². The number of carbonyl (C=O) groups excluding carboxylic acids is 1. The fourth-order valence-electron chi connectivity index (χ4n) is 2.59. The summed E-state index contributed by atoms with van der Waals surface area (Å²) in [4.78, 5) is 23.2. The van der Waals surface area contributed by atoms with E-state index in [2.05, 4.69) is 5.32 Å². The summed E-state index contributed by atoms with van der Waals surface area (Å²) in [6.45, 7) is 1.48. The molecule has 0 bridgehead atoms. The lowest BCUT2D eigenvalue weighted by atomic mass is 10.1. The van der Waals surface area contributed by atoms with Crippen LogP contribution in [0.4, 0.5) is 5.69 Å². The van der Waals surface area contributed by atoms with E-state index in [9.17, 15) is 9.59 Å². The van der Waals surface area contributed by atoms with Crippen molar-refractivity contribution in [1.29, 1.82) is 0 Å². The Kier molecular flexibility index (Phi) is 2.78. The minimum atomic E-state index is -0.716. The van der Waals surface area contributed by atoms with Crippen molar-refractivity contribution in [1.82, 2.24) is 0 Å². The van der Waals surface area contributed by atoms with Gasteiger partial charge in [0, 0.05) is 22.2 Å². The molecule has 1 aliphatic carbocycles. The number of rotatable bonds is 2. The molecule has 1 heterocycles. The van der Waals surface area contributed by atoms with Crippen LogP contribution in [0.1, 0.15) is 17.4 Å². The second-order valence-corrected chi connectivity index (χ2v) is 5.98. The molecule has 0 aliphatic heterocycles. The number of carboxylic acids is 1. The number of aliphatic carboxylic acids is 1. The fourth-order valence-corrected chi connectivity index (χ4v) is 3.94. The van der Waals surface area contributed by atoms with Crippen LogP contribution in [0.5, 0.6) is 0 Å². The third-order valence-corrected chi connectivity index (χ3v) is 4.65. The van der Waals surface area contributed by atoms with E-state index in [0.29, 0.717) is 12.8 Å². The number of carboxylic acid groups (broad SMARTS) is 1. The lowest BCUT2D eigenvalue weighted by Crippen LogP contribution is -2.13. The first-order chi connectivity index (χ1) is 9.04. The molecule has 0 saturated carbocycles. The van der Waals surface area contributed by atoms with Crippen LogP contribution in [-0.4, -0.2) is 17.0 Å². The van der Waals surface area contributed by atoms with E-state index < -0.39 is 5.97 Å². The second kappa shape index (κ2) is 4.35. The maximum atomic E-state index is 11.0. The summed E-state index contributed by atoms with van der Waals surface area (Å²) in [5.74, 6) is -1.08. The fraction of sp³-hybridized carbons (Fsp3) is 0.286. The summed E-state index contributed by atoms with van der Waals surface area (Å²) in [5, 5.41) is 13.0. The van der Waals surface area contributed by atoms with Gasteiger partial charge in [0.25, 0.3) is 0 Å². The van der Waals surface area contributed by atoms with Gasteiger partial charge in [-0.25, -0.2) is 0 Å². The number of carbonyl (C=O) groups is 2. The monoisotopic (exact) mass is 275 g/mol. The highest BCUT2D eigenvalue weighted by Gasteiger charge is 2.30. The maximum Gasteiger partial charge on any atom is 0.307 e. The molecule has 0 fully saturated rings. The van der Waals surface area contributed by atoms with Crippen molar-refractivity contribution >= 4 is 39.0 Å². The molecule has 1 aromatic heterocycles. The molecule has 0 saturated heterocycles. The average molecular weight is 275 g/mol. The lowest BCUT2D eigenvalue weighted by molar-refractivity contribution is -0.141. The molecule has 0 radical (unpaired) electrons. The number of thiophene rings is 1. The third-order valence-electron chi connectivity index (χ3n) is 3.43. The highest BCUT2D eigenvalue weighted by molar-refractivity contribution is 7.19. The number of hydrogen-bond acceptors (Lipinski definition) is 3. The minimum absolute atomic E-state index is 0.0885. The van der Waals surface area contributed by atoms with Crippen LogP contribution in [-0.2, 0) is 22.4 Å². The van der Waals surface area contributed by atoms with E-state index in [0.717, 1.165) is 15.8 Å². The third kappa shape index (κ3) is 2.10. The summed E-state index contributed by atoms with van der Waals surface area (Å²) in [5.41, 5.74) is 1.96. The Morgan fingerprint density at radius 2 is 2.16 bits per heavy atom. The van der Waals surface area contributed by atoms with Crippen molar-refractivity contribution in [2.45, 2.75) is 19.8 Å². The van der Waals surface area contributed by atoms with Gasteiger partial charge in [-0.1, -0.05) is 6.07 Å².